The molecule has 5 nitrogen and oxygen atoms in total. The number of anilines is 2. The van der Waals surface area contributed by atoms with E-state index in [1.54, 1.807) is 0 Å². The van der Waals surface area contributed by atoms with E-state index in [2.05, 4.69) is 23.7 Å². The Morgan fingerprint density at radius 2 is 2.33 bits per heavy atom. The number of nitrogens with two attached hydrogens (primary N) is 1. The fourth-order valence-electron chi connectivity index (χ4n) is 2.06. The number of carboxylic acids is 1. The Bertz CT molecular complexity index is 467. The van der Waals surface area contributed by atoms with Gasteiger partial charge in [0.25, 0.3) is 0 Å². The van der Waals surface area contributed by atoms with E-state index in [9.17, 15) is 4.79 Å². The van der Waals surface area contributed by atoms with Crippen molar-refractivity contribution in [2.24, 2.45) is 0 Å². The summed E-state index contributed by atoms with van der Waals surface area (Å²) in [5.41, 5.74) is 6.48. The van der Waals surface area contributed by atoms with Crippen LogP contribution in [0.15, 0.2) is 12.3 Å². The van der Waals surface area contributed by atoms with Crippen molar-refractivity contribution in [2.75, 3.05) is 22.9 Å². The third-order valence-electron chi connectivity index (χ3n) is 3.30. The van der Waals surface area contributed by atoms with Gasteiger partial charge in [-0.05, 0) is 13.0 Å². The van der Waals surface area contributed by atoms with Gasteiger partial charge in [-0.2, -0.15) is 11.8 Å². The van der Waals surface area contributed by atoms with Crippen molar-refractivity contribution < 1.29 is 9.90 Å². The first kappa shape index (κ1) is 13.0. The van der Waals surface area contributed by atoms with Gasteiger partial charge in [0, 0.05) is 29.8 Å². The van der Waals surface area contributed by atoms with Crippen molar-refractivity contribution in [3.63, 3.8) is 0 Å². The smallest absolute Gasteiger partial charge is 0.337 e. The summed E-state index contributed by atoms with van der Waals surface area (Å²) in [6.45, 7) is 5.21. The Morgan fingerprint density at radius 3 is 2.94 bits per heavy atom. The zero-order valence-electron chi connectivity index (χ0n) is 10.5. The van der Waals surface area contributed by atoms with Gasteiger partial charge in [-0.3, -0.25) is 0 Å². The van der Waals surface area contributed by atoms with Gasteiger partial charge >= 0.3 is 5.97 Å². The molecule has 0 spiro atoms. The fourth-order valence-corrected chi connectivity index (χ4v) is 3.16. The highest BCUT2D eigenvalue weighted by atomic mass is 32.2. The van der Waals surface area contributed by atoms with E-state index in [1.165, 1.54) is 12.3 Å². The lowest BCUT2D eigenvalue weighted by atomic mass is 10.2. The van der Waals surface area contributed by atoms with Crippen LogP contribution >= 0.6 is 11.8 Å². The molecule has 6 heteroatoms. The number of carboxylic acid groups (broad SMARTS) is 1. The van der Waals surface area contributed by atoms with Crippen molar-refractivity contribution in [3.8, 4) is 0 Å². The van der Waals surface area contributed by atoms with Gasteiger partial charge in [-0.25, -0.2) is 9.78 Å². The van der Waals surface area contributed by atoms with E-state index in [0.29, 0.717) is 22.8 Å². The van der Waals surface area contributed by atoms with Crippen LogP contribution in [0.5, 0.6) is 0 Å². The molecule has 1 aliphatic heterocycles. The van der Waals surface area contributed by atoms with Crippen molar-refractivity contribution >= 4 is 29.2 Å². The van der Waals surface area contributed by atoms with Crippen LogP contribution in [0.1, 0.15) is 24.2 Å². The molecule has 0 aromatic carbocycles. The average molecular weight is 267 g/mol. The van der Waals surface area contributed by atoms with Crippen LogP contribution < -0.4 is 10.6 Å². The molecule has 1 saturated heterocycles. The number of thioether (sulfide) groups is 1. The highest BCUT2D eigenvalue weighted by molar-refractivity contribution is 8.00. The second-order valence-electron chi connectivity index (χ2n) is 4.45. The second kappa shape index (κ2) is 5.06. The van der Waals surface area contributed by atoms with E-state index >= 15 is 0 Å². The molecule has 0 radical (unpaired) electrons. The number of carbonyl (C=O) groups is 1. The summed E-state index contributed by atoms with van der Waals surface area (Å²) in [7, 11) is 0. The summed E-state index contributed by atoms with van der Waals surface area (Å²) in [6.07, 6.45) is 1.37. The molecule has 1 aliphatic rings. The number of aromatic carboxylic acids is 1. The molecular weight excluding hydrogens is 250 g/mol. The molecule has 1 aromatic rings. The first-order valence-corrected chi connectivity index (χ1v) is 6.92. The van der Waals surface area contributed by atoms with Gasteiger partial charge in [0.2, 0.25) is 0 Å². The predicted molar refractivity (Wildman–Crippen MR) is 74.3 cm³/mol. The van der Waals surface area contributed by atoms with Crippen molar-refractivity contribution in [1.29, 1.82) is 0 Å². The molecule has 2 atom stereocenters. The van der Waals surface area contributed by atoms with Crippen molar-refractivity contribution in [3.05, 3.63) is 17.8 Å². The average Bonchev–Trinajstić information content (AvgIpc) is 2.33. The monoisotopic (exact) mass is 267 g/mol. The van der Waals surface area contributed by atoms with Crippen LogP contribution in [0, 0.1) is 0 Å². The molecular formula is C12H17N3O2S. The molecule has 1 fully saturated rings. The maximum Gasteiger partial charge on any atom is 0.337 e. The quantitative estimate of drug-likeness (QED) is 0.849. The molecule has 98 valence electrons. The Hall–Kier alpha value is -1.43. The lowest BCUT2D eigenvalue weighted by Gasteiger charge is -2.38. The van der Waals surface area contributed by atoms with Gasteiger partial charge in [0.1, 0.15) is 0 Å². The van der Waals surface area contributed by atoms with E-state index in [1.807, 2.05) is 11.8 Å². The highest BCUT2D eigenvalue weighted by Gasteiger charge is 2.27. The molecule has 0 bridgehead atoms. The van der Waals surface area contributed by atoms with E-state index in [0.717, 1.165) is 12.3 Å². The van der Waals surface area contributed by atoms with Gasteiger partial charge in [0.05, 0.1) is 11.3 Å². The fraction of sp³-hybridized carbons (Fsp3) is 0.500. The summed E-state index contributed by atoms with van der Waals surface area (Å²) < 4.78 is 0. The Kier molecular flexibility index (Phi) is 3.65. The second-order valence-corrected chi connectivity index (χ2v) is 5.94. The number of rotatable bonds is 2. The maximum atomic E-state index is 10.8. The molecule has 2 unspecified atom stereocenters. The predicted octanol–water partition coefficient (Wildman–Crippen LogP) is 1.69. The van der Waals surface area contributed by atoms with Crippen LogP contribution in [-0.4, -0.2) is 39.6 Å². The summed E-state index contributed by atoms with van der Waals surface area (Å²) in [5.74, 6) is 0.726. The van der Waals surface area contributed by atoms with E-state index < -0.39 is 5.97 Å². The molecule has 0 aliphatic carbocycles. The SMILES string of the molecule is CC1SCCN(c2ncc(C(=O)O)cc2N)C1C. The maximum absolute atomic E-state index is 10.8. The number of pyridine rings is 1. The Labute approximate surface area is 110 Å². The number of nitrogens with zero attached hydrogens (tertiary/aromatic N) is 2. The minimum atomic E-state index is -1.00. The van der Waals surface area contributed by atoms with Gasteiger partial charge in [-0.1, -0.05) is 6.92 Å². The Balaban J connectivity index is 2.30. The summed E-state index contributed by atoms with van der Waals surface area (Å²) in [4.78, 5) is 17.2. The number of aromatic nitrogens is 1. The zero-order chi connectivity index (χ0) is 13.3. The lowest BCUT2D eigenvalue weighted by molar-refractivity contribution is 0.0696. The van der Waals surface area contributed by atoms with Gasteiger partial charge in [-0.15, -0.1) is 0 Å². The van der Waals surface area contributed by atoms with Gasteiger partial charge < -0.3 is 15.7 Å². The number of hydrogen-bond acceptors (Lipinski definition) is 5. The normalized spacial score (nSPS) is 24.0. The molecule has 0 saturated carbocycles. The van der Waals surface area contributed by atoms with Crippen molar-refractivity contribution in [1.82, 2.24) is 4.98 Å². The van der Waals surface area contributed by atoms with Crippen LogP contribution in [0.25, 0.3) is 0 Å². The minimum absolute atomic E-state index is 0.128. The number of nitrogen functional groups attached to an aromatic ring is 1. The standard InChI is InChI=1S/C12H17N3O2S/c1-7-8(2)18-4-3-15(7)11-10(13)5-9(6-14-11)12(16)17/h5-8H,3-4,13H2,1-2H3,(H,16,17). The first-order valence-electron chi connectivity index (χ1n) is 5.87. The third kappa shape index (κ3) is 2.38. The van der Waals surface area contributed by atoms with Crippen LogP contribution in [-0.2, 0) is 0 Å². The highest BCUT2D eigenvalue weighted by Crippen LogP contribution is 2.31. The third-order valence-corrected chi connectivity index (χ3v) is 4.64. The van der Waals surface area contributed by atoms with E-state index in [-0.39, 0.29) is 5.56 Å². The molecule has 1 aromatic heterocycles. The molecule has 3 N–H and O–H groups in total. The first-order chi connectivity index (χ1) is 8.50. The van der Waals surface area contributed by atoms with Crippen LogP contribution in [0.2, 0.25) is 0 Å². The lowest BCUT2D eigenvalue weighted by Crippen LogP contribution is -2.45. The van der Waals surface area contributed by atoms with Gasteiger partial charge in [0.15, 0.2) is 5.82 Å². The topological polar surface area (TPSA) is 79.5 Å². The van der Waals surface area contributed by atoms with E-state index in [4.69, 9.17) is 10.8 Å². The molecule has 2 heterocycles. The summed E-state index contributed by atoms with van der Waals surface area (Å²) in [5, 5.41) is 9.41. The minimum Gasteiger partial charge on any atom is -0.478 e. The van der Waals surface area contributed by atoms with Crippen molar-refractivity contribution in [2.45, 2.75) is 25.1 Å². The van der Waals surface area contributed by atoms with Crippen LogP contribution in [0.4, 0.5) is 11.5 Å². The largest absolute Gasteiger partial charge is 0.478 e. The summed E-state index contributed by atoms with van der Waals surface area (Å²) >= 11 is 1.93. The van der Waals surface area contributed by atoms with Crippen LogP contribution in [0.3, 0.4) is 0 Å². The Morgan fingerprint density at radius 1 is 1.61 bits per heavy atom. The summed E-state index contributed by atoms with van der Waals surface area (Å²) in [6, 6.07) is 1.82. The molecule has 0 amide bonds. The molecule has 18 heavy (non-hydrogen) atoms. The zero-order valence-corrected chi connectivity index (χ0v) is 11.3. The molecule has 2 rings (SSSR count). The number of hydrogen-bond donors (Lipinski definition) is 2.